The van der Waals surface area contributed by atoms with Crippen molar-refractivity contribution in [2.75, 3.05) is 13.2 Å². The van der Waals surface area contributed by atoms with Gasteiger partial charge in [-0.3, -0.25) is 4.79 Å². The van der Waals surface area contributed by atoms with E-state index < -0.39 is 0 Å². The third-order valence-corrected chi connectivity index (χ3v) is 3.82. The van der Waals surface area contributed by atoms with E-state index in [2.05, 4.69) is 16.4 Å². The summed E-state index contributed by atoms with van der Waals surface area (Å²) in [5.41, 5.74) is 4.59. The van der Waals surface area contributed by atoms with E-state index in [1.54, 1.807) is 6.20 Å². The summed E-state index contributed by atoms with van der Waals surface area (Å²) in [6.07, 6.45) is 3.63. The Hall–Kier alpha value is -2.82. The van der Waals surface area contributed by atoms with Crippen molar-refractivity contribution in [3.05, 3.63) is 65.1 Å². The van der Waals surface area contributed by atoms with Crippen LogP contribution in [0.5, 0.6) is 5.75 Å². The molecule has 3 aromatic rings. The molecule has 2 heterocycles. The summed E-state index contributed by atoms with van der Waals surface area (Å²) in [6, 6.07) is 9.97. The van der Waals surface area contributed by atoms with Gasteiger partial charge in [-0.25, -0.2) is 4.98 Å². The maximum absolute atomic E-state index is 12.2. The molecule has 0 saturated carbocycles. The van der Waals surface area contributed by atoms with E-state index >= 15 is 0 Å². The molecule has 0 bridgehead atoms. The molecule has 0 aliphatic heterocycles. The monoisotopic (exact) mass is 323 g/mol. The zero-order chi connectivity index (χ0) is 17.1. The van der Waals surface area contributed by atoms with Crippen molar-refractivity contribution in [2.24, 2.45) is 0 Å². The fraction of sp³-hybridized carbons (Fsp3) is 0.263. The van der Waals surface area contributed by atoms with E-state index in [1.807, 2.05) is 55.6 Å². The summed E-state index contributed by atoms with van der Waals surface area (Å²) in [7, 11) is 0. The molecule has 0 spiro atoms. The van der Waals surface area contributed by atoms with Gasteiger partial charge in [0.2, 0.25) is 0 Å². The van der Waals surface area contributed by atoms with Crippen LogP contribution in [-0.4, -0.2) is 28.4 Å². The van der Waals surface area contributed by atoms with Crippen LogP contribution < -0.4 is 10.1 Å². The van der Waals surface area contributed by atoms with E-state index in [9.17, 15) is 4.79 Å². The Bertz CT molecular complexity index is 883. The lowest BCUT2D eigenvalue weighted by molar-refractivity contribution is 0.0942. The first-order valence-electron chi connectivity index (χ1n) is 7.96. The minimum absolute atomic E-state index is 0.194. The highest BCUT2D eigenvalue weighted by Crippen LogP contribution is 2.18. The van der Waals surface area contributed by atoms with Crippen LogP contribution in [-0.2, 0) is 0 Å². The maximum Gasteiger partial charge on any atom is 0.271 e. The average Bonchev–Trinajstić information content (AvgIpc) is 2.96. The second-order valence-corrected chi connectivity index (χ2v) is 5.97. The number of carbonyl (C=O) groups is 1. The third-order valence-electron chi connectivity index (χ3n) is 3.82. The van der Waals surface area contributed by atoms with Crippen LogP contribution >= 0.6 is 0 Å². The number of hydrogen-bond acceptors (Lipinski definition) is 3. The second kappa shape index (κ2) is 6.74. The molecule has 1 aromatic carbocycles. The van der Waals surface area contributed by atoms with Crippen LogP contribution in [0.1, 0.15) is 27.2 Å². The molecular formula is C19H21N3O2. The van der Waals surface area contributed by atoms with Gasteiger partial charge in [-0.2, -0.15) is 0 Å². The van der Waals surface area contributed by atoms with Crippen molar-refractivity contribution in [3.63, 3.8) is 0 Å². The molecule has 124 valence electrons. The van der Waals surface area contributed by atoms with Gasteiger partial charge in [0.05, 0.1) is 6.54 Å². The Morgan fingerprint density at radius 3 is 2.75 bits per heavy atom. The molecule has 0 atom stereocenters. The van der Waals surface area contributed by atoms with E-state index in [0.717, 1.165) is 22.5 Å². The molecule has 5 nitrogen and oxygen atoms in total. The van der Waals surface area contributed by atoms with Crippen molar-refractivity contribution in [3.8, 4) is 5.75 Å². The highest BCUT2D eigenvalue weighted by atomic mass is 16.5. The highest BCUT2D eigenvalue weighted by molar-refractivity contribution is 5.92. The van der Waals surface area contributed by atoms with Crippen LogP contribution in [0.2, 0.25) is 0 Å². The first-order valence-corrected chi connectivity index (χ1v) is 7.96. The van der Waals surface area contributed by atoms with Crippen molar-refractivity contribution in [2.45, 2.75) is 20.8 Å². The molecule has 24 heavy (non-hydrogen) atoms. The molecule has 3 rings (SSSR count). The maximum atomic E-state index is 12.2. The SMILES string of the molecule is Cc1ccc(OCCNC(=O)c2cn3ccc(C)cc3n2)c(C)c1. The zero-order valence-electron chi connectivity index (χ0n) is 14.2. The van der Waals surface area contributed by atoms with Gasteiger partial charge in [-0.05, 0) is 50.1 Å². The van der Waals surface area contributed by atoms with Crippen LogP contribution in [0.4, 0.5) is 0 Å². The number of rotatable bonds is 5. The summed E-state index contributed by atoms with van der Waals surface area (Å²) in [5.74, 6) is 0.652. The normalized spacial score (nSPS) is 10.8. The minimum atomic E-state index is -0.194. The van der Waals surface area contributed by atoms with Crippen LogP contribution in [0.15, 0.2) is 42.7 Å². The molecule has 0 aliphatic carbocycles. The molecule has 0 saturated heterocycles. The lowest BCUT2D eigenvalue weighted by atomic mass is 10.1. The Labute approximate surface area is 141 Å². The molecule has 1 amide bonds. The molecule has 1 N–H and O–H groups in total. The number of ether oxygens (including phenoxy) is 1. The number of nitrogens with one attached hydrogen (secondary N) is 1. The number of imidazole rings is 1. The molecule has 5 heteroatoms. The van der Waals surface area contributed by atoms with E-state index in [4.69, 9.17) is 4.74 Å². The number of pyridine rings is 1. The van der Waals surface area contributed by atoms with Crippen LogP contribution in [0.25, 0.3) is 5.65 Å². The fourth-order valence-electron chi connectivity index (χ4n) is 2.57. The molecular weight excluding hydrogens is 302 g/mol. The summed E-state index contributed by atoms with van der Waals surface area (Å²) in [5, 5.41) is 2.84. The zero-order valence-corrected chi connectivity index (χ0v) is 14.2. The summed E-state index contributed by atoms with van der Waals surface area (Å²) < 4.78 is 7.55. The van der Waals surface area contributed by atoms with E-state index in [-0.39, 0.29) is 5.91 Å². The smallest absolute Gasteiger partial charge is 0.271 e. The Morgan fingerprint density at radius 2 is 1.96 bits per heavy atom. The van der Waals surface area contributed by atoms with Gasteiger partial charge in [0, 0.05) is 12.4 Å². The molecule has 0 aliphatic rings. The number of amides is 1. The van der Waals surface area contributed by atoms with Gasteiger partial charge in [0.25, 0.3) is 5.91 Å². The standard InChI is InChI=1S/C19H21N3O2/c1-13-4-5-17(15(3)10-13)24-9-7-20-19(23)16-12-22-8-6-14(2)11-18(22)21-16/h4-6,8,10-12H,7,9H2,1-3H3,(H,20,23). The van der Waals surface area contributed by atoms with E-state index in [0.29, 0.717) is 18.8 Å². The number of fused-ring (bicyclic) bond motifs is 1. The third kappa shape index (κ3) is 3.56. The quantitative estimate of drug-likeness (QED) is 0.734. The van der Waals surface area contributed by atoms with Gasteiger partial charge in [0.1, 0.15) is 23.7 Å². The Balaban J connectivity index is 1.55. The molecule has 0 radical (unpaired) electrons. The van der Waals surface area contributed by atoms with Gasteiger partial charge >= 0.3 is 0 Å². The summed E-state index contributed by atoms with van der Waals surface area (Å²) >= 11 is 0. The number of hydrogen-bond donors (Lipinski definition) is 1. The predicted octanol–water partition coefficient (Wildman–Crippen LogP) is 3.07. The lowest BCUT2D eigenvalue weighted by Gasteiger charge is -2.10. The van der Waals surface area contributed by atoms with Crippen molar-refractivity contribution in [1.29, 1.82) is 0 Å². The van der Waals surface area contributed by atoms with Crippen molar-refractivity contribution >= 4 is 11.6 Å². The van der Waals surface area contributed by atoms with Crippen molar-refractivity contribution in [1.82, 2.24) is 14.7 Å². The summed E-state index contributed by atoms with van der Waals surface area (Å²) in [6.45, 7) is 6.91. The van der Waals surface area contributed by atoms with Gasteiger partial charge < -0.3 is 14.5 Å². The Morgan fingerprint density at radius 1 is 1.17 bits per heavy atom. The van der Waals surface area contributed by atoms with Gasteiger partial charge in [-0.1, -0.05) is 17.7 Å². The Kier molecular flexibility index (Phi) is 4.51. The van der Waals surface area contributed by atoms with Crippen molar-refractivity contribution < 1.29 is 9.53 Å². The first-order chi connectivity index (χ1) is 11.5. The summed E-state index contributed by atoms with van der Waals surface area (Å²) in [4.78, 5) is 16.5. The van der Waals surface area contributed by atoms with Gasteiger partial charge in [-0.15, -0.1) is 0 Å². The average molecular weight is 323 g/mol. The lowest BCUT2D eigenvalue weighted by Crippen LogP contribution is -2.28. The molecule has 0 unspecified atom stereocenters. The fourth-order valence-corrected chi connectivity index (χ4v) is 2.57. The number of nitrogens with zero attached hydrogens (tertiary/aromatic N) is 2. The minimum Gasteiger partial charge on any atom is -0.491 e. The second-order valence-electron chi connectivity index (χ2n) is 5.97. The molecule has 0 fully saturated rings. The predicted molar refractivity (Wildman–Crippen MR) is 93.7 cm³/mol. The topological polar surface area (TPSA) is 55.6 Å². The number of benzene rings is 1. The number of carbonyl (C=O) groups excluding carboxylic acids is 1. The number of aryl methyl sites for hydroxylation is 3. The van der Waals surface area contributed by atoms with Crippen LogP contribution in [0, 0.1) is 20.8 Å². The first kappa shape index (κ1) is 16.1. The molecule has 2 aromatic heterocycles. The van der Waals surface area contributed by atoms with Gasteiger partial charge in [0.15, 0.2) is 0 Å². The van der Waals surface area contributed by atoms with Crippen LogP contribution in [0.3, 0.4) is 0 Å². The largest absolute Gasteiger partial charge is 0.491 e. The number of aromatic nitrogens is 2. The van der Waals surface area contributed by atoms with E-state index in [1.165, 1.54) is 5.56 Å². The highest BCUT2D eigenvalue weighted by Gasteiger charge is 2.10.